The number of amides is 1. The van der Waals surface area contributed by atoms with Crippen molar-refractivity contribution in [1.29, 1.82) is 0 Å². The summed E-state index contributed by atoms with van der Waals surface area (Å²) in [4.78, 5) is 11.7. The number of halogens is 3. The van der Waals surface area contributed by atoms with Crippen molar-refractivity contribution in [2.45, 2.75) is 11.8 Å². The molecule has 1 rings (SSSR count). The van der Waals surface area contributed by atoms with Crippen molar-refractivity contribution in [2.24, 2.45) is 0 Å². The van der Waals surface area contributed by atoms with Gasteiger partial charge in [-0.25, -0.2) is 8.42 Å². The van der Waals surface area contributed by atoms with Crippen LogP contribution in [0.3, 0.4) is 0 Å². The summed E-state index contributed by atoms with van der Waals surface area (Å²) < 4.78 is 34.2. The van der Waals surface area contributed by atoms with Crippen LogP contribution in [-0.2, 0) is 19.9 Å². The summed E-state index contributed by atoms with van der Waals surface area (Å²) in [7, 11) is 0.279. The van der Waals surface area contributed by atoms with Crippen molar-refractivity contribution < 1.29 is 17.4 Å². The average molecular weight is 437 g/mol. The lowest BCUT2D eigenvalue weighted by Crippen LogP contribution is -2.28. The average Bonchev–Trinajstić information content (AvgIpc) is 2.36. The predicted octanol–water partition coefficient (Wildman–Crippen LogP) is 2.53. The van der Waals surface area contributed by atoms with Crippen LogP contribution in [0.25, 0.3) is 0 Å². The Kier molecular flexibility index (Phi) is 7.12. The minimum Gasteiger partial charge on any atom is -0.351 e. The largest absolute Gasteiger partial charge is 0.351 e. The van der Waals surface area contributed by atoms with Crippen LogP contribution in [0.5, 0.6) is 0 Å². The SMILES string of the molecule is CCS(=O)CCNC(=O)c1cc(S(=O)(=O)Cl)c(Br)cc1Cl. The molecule has 21 heavy (non-hydrogen) atoms. The maximum Gasteiger partial charge on any atom is 0.262 e. The first-order chi connectivity index (χ1) is 9.66. The topological polar surface area (TPSA) is 80.3 Å². The summed E-state index contributed by atoms with van der Waals surface area (Å²) in [5.74, 6) is 0.266. The van der Waals surface area contributed by atoms with Gasteiger partial charge in [-0.2, -0.15) is 0 Å². The van der Waals surface area contributed by atoms with E-state index in [0.29, 0.717) is 11.5 Å². The number of carbonyl (C=O) groups excluding carboxylic acids is 1. The molecule has 1 aromatic rings. The lowest BCUT2D eigenvalue weighted by atomic mass is 10.2. The molecule has 0 saturated heterocycles. The summed E-state index contributed by atoms with van der Waals surface area (Å²) in [6.07, 6.45) is 0. The highest BCUT2D eigenvalue weighted by Gasteiger charge is 2.20. The summed E-state index contributed by atoms with van der Waals surface area (Å²) in [5, 5.41) is 2.62. The second-order valence-corrected chi connectivity index (χ2v) is 9.55. The number of rotatable bonds is 6. The zero-order valence-corrected chi connectivity index (χ0v) is 15.6. The van der Waals surface area contributed by atoms with Crippen LogP contribution in [0, 0.1) is 0 Å². The van der Waals surface area contributed by atoms with Gasteiger partial charge in [0.1, 0.15) is 0 Å². The van der Waals surface area contributed by atoms with E-state index >= 15 is 0 Å². The van der Waals surface area contributed by atoms with Crippen molar-refractivity contribution in [3.05, 3.63) is 27.2 Å². The first-order valence-corrected chi connectivity index (χ1v) is 10.7. The lowest BCUT2D eigenvalue weighted by molar-refractivity contribution is 0.0956. The van der Waals surface area contributed by atoms with E-state index in [1.165, 1.54) is 6.07 Å². The number of benzene rings is 1. The quantitative estimate of drug-likeness (QED) is 0.694. The Bertz CT molecular complexity index is 679. The molecule has 0 spiro atoms. The van der Waals surface area contributed by atoms with Gasteiger partial charge in [-0.05, 0) is 28.1 Å². The van der Waals surface area contributed by atoms with Crippen LogP contribution in [0.2, 0.25) is 5.02 Å². The Balaban J connectivity index is 2.97. The minimum absolute atomic E-state index is 0.0126. The van der Waals surface area contributed by atoms with Crippen LogP contribution < -0.4 is 5.32 Å². The number of carbonyl (C=O) groups is 1. The molecule has 1 N–H and O–H groups in total. The molecular formula is C11H12BrCl2NO4S2. The summed E-state index contributed by atoms with van der Waals surface area (Å²) in [6, 6.07) is 2.39. The van der Waals surface area contributed by atoms with Crippen LogP contribution in [-0.4, -0.2) is 36.6 Å². The molecule has 0 radical (unpaired) electrons. The molecule has 118 valence electrons. The number of hydrogen-bond donors (Lipinski definition) is 1. The molecule has 0 heterocycles. The Morgan fingerprint density at radius 1 is 1.43 bits per heavy atom. The van der Waals surface area contributed by atoms with E-state index in [2.05, 4.69) is 21.2 Å². The van der Waals surface area contributed by atoms with Gasteiger partial charge in [-0.15, -0.1) is 0 Å². The highest BCUT2D eigenvalue weighted by atomic mass is 79.9. The van der Waals surface area contributed by atoms with Gasteiger partial charge in [0.2, 0.25) is 0 Å². The maximum atomic E-state index is 12.0. The summed E-state index contributed by atoms with van der Waals surface area (Å²) in [5.41, 5.74) is -0.0126. The van der Waals surface area contributed by atoms with Crippen LogP contribution in [0.15, 0.2) is 21.5 Å². The molecule has 0 fully saturated rings. The fourth-order valence-corrected chi connectivity index (χ4v) is 4.60. The minimum atomic E-state index is -4.01. The molecule has 1 aromatic carbocycles. The normalized spacial score (nSPS) is 13.0. The monoisotopic (exact) mass is 435 g/mol. The zero-order chi connectivity index (χ0) is 16.2. The van der Waals surface area contributed by atoms with E-state index in [4.69, 9.17) is 22.3 Å². The van der Waals surface area contributed by atoms with E-state index in [-0.39, 0.29) is 26.5 Å². The molecule has 0 aromatic heterocycles. The molecule has 0 aliphatic heterocycles. The lowest BCUT2D eigenvalue weighted by Gasteiger charge is -2.09. The number of nitrogens with one attached hydrogen (secondary N) is 1. The van der Waals surface area contributed by atoms with E-state index in [1.54, 1.807) is 6.92 Å². The van der Waals surface area contributed by atoms with Gasteiger partial charge in [-0.3, -0.25) is 9.00 Å². The first-order valence-electron chi connectivity index (χ1n) is 5.73. The molecule has 0 saturated carbocycles. The van der Waals surface area contributed by atoms with Gasteiger partial charge < -0.3 is 5.32 Å². The van der Waals surface area contributed by atoms with Crippen molar-refractivity contribution in [3.63, 3.8) is 0 Å². The van der Waals surface area contributed by atoms with E-state index in [0.717, 1.165) is 6.07 Å². The third kappa shape index (κ3) is 5.52. The molecule has 0 aliphatic carbocycles. The van der Waals surface area contributed by atoms with Gasteiger partial charge in [0, 0.05) is 44.0 Å². The second-order valence-electron chi connectivity index (χ2n) is 3.89. The van der Waals surface area contributed by atoms with Crippen molar-refractivity contribution in [1.82, 2.24) is 5.32 Å². The van der Waals surface area contributed by atoms with Gasteiger partial charge in [0.25, 0.3) is 15.0 Å². The predicted molar refractivity (Wildman–Crippen MR) is 88.1 cm³/mol. The number of hydrogen-bond acceptors (Lipinski definition) is 4. The maximum absolute atomic E-state index is 12.0. The Morgan fingerprint density at radius 2 is 2.05 bits per heavy atom. The molecule has 10 heteroatoms. The highest BCUT2D eigenvalue weighted by Crippen LogP contribution is 2.30. The molecule has 0 aliphatic rings. The second kappa shape index (κ2) is 7.92. The molecule has 1 unspecified atom stereocenters. The van der Waals surface area contributed by atoms with Gasteiger partial charge >= 0.3 is 0 Å². The smallest absolute Gasteiger partial charge is 0.262 e. The Labute approximate surface area is 143 Å². The molecule has 1 amide bonds. The molecule has 1 atom stereocenters. The Morgan fingerprint density at radius 3 is 2.57 bits per heavy atom. The third-order valence-electron chi connectivity index (χ3n) is 2.47. The van der Waals surface area contributed by atoms with Crippen molar-refractivity contribution in [2.75, 3.05) is 18.1 Å². The van der Waals surface area contributed by atoms with Crippen molar-refractivity contribution >= 4 is 64.0 Å². The fourth-order valence-electron chi connectivity index (χ4n) is 1.41. The molecular weight excluding hydrogens is 425 g/mol. The van der Waals surface area contributed by atoms with Gasteiger partial charge in [0.05, 0.1) is 15.5 Å². The standard InChI is InChI=1S/C11H12BrCl2NO4S2/c1-2-20(17)4-3-15-11(16)7-5-10(21(14,18)19)8(12)6-9(7)13/h5-6H,2-4H2,1H3,(H,15,16). The van der Waals surface area contributed by atoms with Crippen LogP contribution in [0.4, 0.5) is 0 Å². The van der Waals surface area contributed by atoms with Crippen LogP contribution >= 0.6 is 38.2 Å². The van der Waals surface area contributed by atoms with E-state index in [1.807, 2.05) is 0 Å². The zero-order valence-electron chi connectivity index (χ0n) is 10.9. The summed E-state index contributed by atoms with van der Waals surface area (Å²) in [6.45, 7) is 1.98. The Hall–Kier alpha value is -0.150. The molecule has 0 bridgehead atoms. The van der Waals surface area contributed by atoms with E-state index in [9.17, 15) is 17.4 Å². The molecule has 5 nitrogen and oxygen atoms in total. The van der Waals surface area contributed by atoms with Gasteiger partial charge in [-0.1, -0.05) is 18.5 Å². The van der Waals surface area contributed by atoms with Gasteiger partial charge in [0.15, 0.2) is 0 Å². The fraction of sp³-hybridized carbons (Fsp3) is 0.364. The first kappa shape index (κ1) is 18.9. The van der Waals surface area contributed by atoms with E-state index < -0.39 is 25.8 Å². The van der Waals surface area contributed by atoms with Crippen LogP contribution in [0.1, 0.15) is 17.3 Å². The highest BCUT2D eigenvalue weighted by molar-refractivity contribution is 9.10. The van der Waals surface area contributed by atoms with Crippen molar-refractivity contribution in [3.8, 4) is 0 Å². The third-order valence-corrected chi connectivity index (χ3v) is 6.36. The summed E-state index contributed by atoms with van der Waals surface area (Å²) >= 11 is 8.95.